The molecule has 266 valence electrons. The number of aliphatic carboxylic acids is 4. The molecule has 3 rings (SSSR count). The number of nitrogens with two attached hydrogens (primary N) is 1. The van der Waals surface area contributed by atoms with E-state index in [0.717, 1.165) is 0 Å². The Kier molecular flexibility index (Phi) is 13.3. The summed E-state index contributed by atoms with van der Waals surface area (Å²) in [5.41, 5.74) is 5.47. The normalized spacial score (nSPS) is 12.6. The maximum atomic E-state index is 12.9. The summed E-state index contributed by atoms with van der Waals surface area (Å²) in [5.74, 6) is -7.93. The third-order valence-corrected chi connectivity index (χ3v) is 6.87. The molecule has 0 aliphatic heterocycles. The van der Waals surface area contributed by atoms with Crippen LogP contribution in [0.15, 0.2) is 35.3 Å². The Bertz CT molecular complexity index is 1830. The zero-order valence-electron chi connectivity index (χ0n) is 26.0. The van der Waals surface area contributed by atoms with Gasteiger partial charge in [-0.2, -0.15) is 4.98 Å². The van der Waals surface area contributed by atoms with Crippen molar-refractivity contribution in [2.45, 2.75) is 63.2 Å². The first-order valence-electron chi connectivity index (χ1n) is 14.8. The molecular formula is C29H33N9O12. The van der Waals surface area contributed by atoms with Crippen LogP contribution in [0, 0.1) is 0 Å². The van der Waals surface area contributed by atoms with Gasteiger partial charge in [0, 0.05) is 30.5 Å². The molecule has 0 bridgehead atoms. The lowest BCUT2D eigenvalue weighted by Gasteiger charge is -2.19. The molecule has 0 saturated heterocycles. The molecule has 3 atom stereocenters. The fourth-order valence-electron chi connectivity index (χ4n) is 4.23. The molecule has 11 N–H and O–H groups in total. The van der Waals surface area contributed by atoms with Gasteiger partial charge in [-0.1, -0.05) is 0 Å². The Morgan fingerprint density at radius 3 is 1.98 bits per heavy atom. The molecule has 21 nitrogen and oxygen atoms in total. The highest BCUT2D eigenvalue weighted by Gasteiger charge is 2.26. The number of aromatic amines is 1. The van der Waals surface area contributed by atoms with Crippen molar-refractivity contribution in [3.8, 4) is 0 Å². The topological polar surface area (TPSA) is 346 Å². The van der Waals surface area contributed by atoms with E-state index in [1.165, 1.54) is 30.5 Å². The van der Waals surface area contributed by atoms with Crippen LogP contribution in [0.3, 0.4) is 0 Å². The molecular weight excluding hydrogens is 666 g/mol. The van der Waals surface area contributed by atoms with Crippen molar-refractivity contribution in [2.75, 3.05) is 10.6 Å². The molecule has 1 aromatic carbocycles. The highest BCUT2D eigenvalue weighted by Crippen LogP contribution is 2.13. The Labute approximate surface area is 280 Å². The number of carbonyl (C=O) groups is 7. The van der Waals surface area contributed by atoms with Gasteiger partial charge in [0.1, 0.15) is 12.1 Å². The second kappa shape index (κ2) is 17.6. The molecule has 0 aliphatic carbocycles. The van der Waals surface area contributed by atoms with Crippen molar-refractivity contribution >= 4 is 64.4 Å². The van der Waals surface area contributed by atoms with E-state index < -0.39 is 84.5 Å². The van der Waals surface area contributed by atoms with Gasteiger partial charge in [0.25, 0.3) is 11.5 Å². The Morgan fingerprint density at radius 2 is 1.38 bits per heavy atom. The minimum absolute atomic E-state index is 0.0578. The standard InChI is InChI=1S/C29H33N9O12/c30-16(5-8-19(39)40)25(46)34-17(6-9-20(41)42)26(47)37-29-36-23-22(27(48)38-29)33-15(12-32-23)11-31-14-3-1-13(2-4-14)24(45)35-18(28(49)50)7-10-21(43)44/h1-4,12,16-18,31H,5-11,30H2,(H,34,46)(H,35,45)(H,39,40)(H,41,42)(H,43,44)(H,49,50)(H2,32,36,37,38,47,48)/t16-,17-,18?/m0/s1. The van der Waals surface area contributed by atoms with Crippen LogP contribution in [0.4, 0.5) is 11.6 Å². The number of anilines is 2. The van der Waals surface area contributed by atoms with Gasteiger partial charge in [0.05, 0.1) is 24.5 Å². The highest BCUT2D eigenvalue weighted by atomic mass is 16.4. The first-order chi connectivity index (χ1) is 23.6. The Hall–Kier alpha value is -6.51. The van der Waals surface area contributed by atoms with Crippen molar-refractivity contribution in [3.05, 3.63) is 52.1 Å². The van der Waals surface area contributed by atoms with Gasteiger partial charge < -0.3 is 42.1 Å². The number of carboxylic acid groups (broad SMARTS) is 4. The van der Waals surface area contributed by atoms with E-state index in [1.807, 2.05) is 0 Å². The molecule has 21 heteroatoms. The largest absolute Gasteiger partial charge is 0.481 e. The summed E-state index contributed by atoms with van der Waals surface area (Å²) in [6.45, 7) is 0.0578. The van der Waals surface area contributed by atoms with E-state index in [4.69, 9.17) is 21.1 Å². The van der Waals surface area contributed by atoms with Crippen LogP contribution in [0.25, 0.3) is 11.2 Å². The summed E-state index contributed by atoms with van der Waals surface area (Å²) in [4.78, 5) is 109. The lowest BCUT2D eigenvalue weighted by Crippen LogP contribution is -2.50. The molecule has 0 aliphatic rings. The number of amides is 3. The minimum Gasteiger partial charge on any atom is -0.481 e. The number of hydrogen-bond acceptors (Lipinski definition) is 13. The van der Waals surface area contributed by atoms with Gasteiger partial charge >= 0.3 is 23.9 Å². The maximum Gasteiger partial charge on any atom is 0.326 e. The zero-order chi connectivity index (χ0) is 37.0. The van der Waals surface area contributed by atoms with Crippen molar-refractivity contribution in [1.29, 1.82) is 0 Å². The fourth-order valence-corrected chi connectivity index (χ4v) is 4.23. The summed E-state index contributed by atoms with van der Waals surface area (Å²) in [7, 11) is 0. The van der Waals surface area contributed by atoms with Crippen LogP contribution in [0.2, 0.25) is 0 Å². The summed E-state index contributed by atoms with van der Waals surface area (Å²) >= 11 is 0. The molecule has 0 radical (unpaired) electrons. The minimum atomic E-state index is -1.43. The van der Waals surface area contributed by atoms with E-state index >= 15 is 0 Å². The van der Waals surface area contributed by atoms with Gasteiger partial charge in [-0.05, 0) is 43.5 Å². The van der Waals surface area contributed by atoms with E-state index in [9.17, 15) is 43.5 Å². The highest BCUT2D eigenvalue weighted by molar-refractivity contribution is 5.98. The van der Waals surface area contributed by atoms with Crippen LogP contribution in [0.5, 0.6) is 0 Å². The quantitative estimate of drug-likeness (QED) is 0.0706. The number of fused-ring (bicyclic) bond motifs is 1. The zero-order valence-corrected chi connectivity index (χ0v) is 26.0. The van der Waals surface area contributed by atoms with E-state index in [-0.39, 0.29) is 48.5 Å². The number of hydrogen-bond donors (Lipinski definition) is 10. The number of nitrogens with one attached hydrogen (secondary N) is 5. The Morgan fingerprint density at radius 1 is 0.780 bits per heavy atom. The predicted molar refractivity (Wildman–Crippen MR) is 170 cm³/mol. The number of rotatable bonds is 19. The monoisotopic (exact) mass is 699 g/mol. The van der Waals surface area contributed by atoms with Crippen LogP contribution in [-0.2, 0) is 35.3 Å². The van der Waals surface area contributed by atoms with Crippen molar-refractivity contribution in [1.82, 2.24) is 30.6 Å². The van der Waals surface area contributed by atoms with Gasteiger partial charge in [0.2, 0.25) is 17.8 Å². The fraction of sp³-hybridized carbons (Fsp3) is 0.345. The molecule has 3 amide bonds. The van der Waals surface area contributed by atoms with Gasteiger partial charge in [0.15, 0.2) is 11.2 Å². The second-order valence-corrected chi connectivity index (χ2v) is 10.7. The average Bonchev–Trinajstić information content (AvgIpc) is 3.06. The van der Waals surface area contributed by atoms with Gasteiger partial charge in [-0.25, -0.2) is 14.8 Å². The predicted octanol–water partition coefficient (Wildman–Crippen LogP) is -1.15. The molecule has 0 spiro atoms. The Balaban J connectivity index is 1.65. The summed E-state index contributed by atoms with van der Waals surface area (Å²) < 4.78 is 0. The molecule has 3 aromatic rings. The molecule has 0 fully saturated rings. The van der Waals surface area contributed by atoms with Crippen molar-refractivity contribution in [2.24, 2.45) is 5.73 Å². The summed E-state index contributed by atoms with van der Waals surface area (Å²) in [6.07, 6.45) is -0.952. The molecule has 2 aromatic heterocycles. The molecule has 0 saturated carbocycles. The number of carbonyl (C=O) groups excluding carboxylic acids is 3. The first-order valence-corrected chi connectivity index (χ1v) is 14.8. The van der Waals surface area contributed by atoms with E-state index in [0.29, 0.717) is 11.4 Å². The number of carboxylic acids is 4. The van der Waals surface area contributed by atoms with Crippen molar-refractivity contribution in [3.63, 3.8) is 0 Å². The van der Waals surface area contributed by atoms with E-state index in [2.05, 4.69) is 41.2 Å². The smallest absolute Gasteiger partial charge is 0.326 e. The first kappa shape index (κ1) is 37.9. The summed E-state index contributed by atoms with van der Waals surface area (Å²) in [5, 5.41) is 45.7. The number of benzene rings is 1. The molecule has 50 heavy (non-hydrogen) atoms. The third kappa shape index (κ3) is 11.6. The molecule has 1 unspecified atom stereocenters. The lowest BCUT2D eigenvalue weighted by atomic mass is 10.1. The van der Waals surface area contributed by atoms with Crippen LogP contribution in [-0.4, -0.2) is 100 Å². The van der Waals surface area contributed by atoms with Crippen LogP contribution < -0.4 is 32.6 Å². The van der Waals surface area contributed by atoms with Crippen molar-refractivity contribution < 1.29 is 54.0 Å². The number of nitrogens with zero attached hydrogens (tertiary/aromatic N) is 3. The number of aromatic nitrogens is 4. The average molecular weight is 700 g/mol. The number of H-pyrrole nitrogens is 1. The third-order valence-electron chi connectivity index (χ3n) is 6.87. The maximum absolute atomic E-state index is 12.9. The lowest BCUT2D eigenvalue weighted by molar-refractivity contribution is -0.141. The van der Waals surface area contributed by atoms with E-state index in [1.54, 1.807) is 0 Å². The van der Waals surface area contributed by atoms with Gasteiger partial charge in [-0.15, -0.1) is 0 Å². The van der Waals surface area contributed by atoms with Crippen LogP contribution in [0.1, 0.15) is 54.6 Å². The second-order valence-electron chi connectivity index (χ2n) is 10.7. The van der Waals surface area contributed by atoms with Crippen LogP contribution >= 0.6 is 0 Å². The van der Waals surface area contributed by atoms with Gasteiger partial charge in [-0.3, -0.25) is 43.9 Å². The summed E-state index contributed by atoms with van der Waals surface area (Å²) in [6, 6.07) is 1.77. The molecule has 2 heterocycles. The SMILES string of the molecule is N[C@@H](CCC(=O)O)C(=O)N[C@@H](CCC(=O)O)C(=O)Nc1nc2ncc(CNc3ccc(C(=O)NC(CCC(=O)O)C(=O)O)cc3)nc2c(=O)[nH]1.